The maximum Gasteiger partial charge on any atom is 0.258 e. The smallest absolute Gasteiger partial charge is 0.258 e. The lowest BCUT2D eigenvalue weighted by Gasteiger charge is -2.30. The van der Waals surface area contributed by atoms with Crippen molar-refractivity contribution in [1.29, 1.82) is 0 Å². The molecule has 34 heavy (non-hydrogen) atoms. The molecule has 4 aromatic heterocycles. The minimum absolute atomic E-state index is 0.0564. The molecule has 0 fully saturated rings. The third-order valence-electron chi connectivity index (χ3n) is 6.74. The lowest BCUT2D eigenvalue weighted by Crippen LogP contribution is -2.35. The SMILES string of the molecule is Cn1c2c(cc(-c3ccc4ncccc4c3)c1=O)CN(Cc1cccn1-c1cccnc1)CC2. The van der Waals surface area contributed by atoms with Crippen LogP contribution in [0.5, 0.6) is 0 Å². The van der Waals surface area contributed by atoms with Crippen molar-refractivity contribution >= 4 is 10.9 Å². The van der Waals surface area contributed by atoms with Crippen LogP contribution < -0.4 is 5.56 Å². The van der Waals surface area contributed by atoms with Gasteiger partial charge in [0, 0.05) is 74.0 Å². The van der Waals surface area contributed by atoms with E-state index in [9.17, 15) is 4.79 Å². The molecule has 0 unspecified atom stereocenters. The Balaban J connectivity index is 1.32. The van der Waals surface area contributed by atoms with E-state index >= 15 is 0 Å². The van der Waals surface area contributed by atoms with Gasteiger partial charge in [0.1, 0.15) is 0 Å². The monoisotopic (exact) mass is 447 g/mol. The maximum atomic E-state index is 13.2. The predicted molar refractivity (Wildman–Crippen MR) is 134 cm³/mol. The summed E-state index contributed by atoms with van der Waals surface area (Å²) in [4.78, 5) is 24.4. The fourth-order valence-corrected chi connectivity index (χ4v) is 4.99. The summed E-state index contributed by atoms with van der Waals surface area (Å²) < 4.78 is 4.03. The van der Waals surface area contributed by atoms with Crippen LogP contribution >= 0.6 is 0 Å². The first-order valence-corrected chi connectivity index (χ1v) is 11.5. The molecule has 0 N–H and O–H groups in total. The molecular weight excluding hydrogens is 422 g/mol. The lowest BCUT2D eigenvalue weighted by atomic mass is 9.98. The van der Waals surface area contributed by atoms with Gasteiger partial charge in [-0.1, -0.05) is 12.1 Å². The van der Waals surface area contributed by atoms with Crippen molar-refractivity contribution in [2.45, 2.75) is 19.5 Å². The molecule has 1 aliphatic rings. The maximum absolute atomic E-state index is 13.2. The van der Waals surface area contributed by atoms with Gasteiger partial charge in [0.15, 0.2) is 0 Å². The minimum atomic E-state index is 0.0564. The van der Waals surface area contributed by atoms with Crippen molar-refractivity contribution in [3.8, 4) is 16.8 Å². The molecule has 0 bridgehead atoms. The van der Waals surface area contributed by atoms with E-state index < -0.39 is 0 Å². The first-order chi connectivity index (χ1) is 16.7. The summed E-state index contributed by atoms with van der Waals surface area (Å²) in [6.45, 7) is 2.56. The number of nitrogens with zero attached hydrogens (tertiary/aromatic N) is 5. The lowest BCUT2D eigenvalue weighted by molar-refractivity contribution is 0.237. The Morgan fingerprint density at radius 3 is 2.79 bits per heavy atom. The molecule has 0 aliphatic carbocycles. The Morgan fingerprint density at radius 1 is 1.00 bits per heavy atom. The minimum Gasteiger partial charge on any atom is -0.318 e. The summed E-state index contributed by atoms with van der Waals surface area (Å²) in [6.07, 6.45) is 8.41. The van der Waals surface area contributed by atoms with Crippen LogP contribution in [0, 0.1) is 0 Å². The molecule has 0 saturated carbocycles. The largest absolute Gasteiger partial charge is 0.318 e. The van der Waals surface area contributed by atoms with E-state index in [2.05, 4.69) is 56.0 Å². The molecule has 5 aromatic rings. The number of benzene rings is 1. The fourth-order valence-electron chi connectivity index (χ4n) is 4.99. The van der Waals surface area contributed by atoms with E-state index in [1.807, 2.05) is 48.1 Å². The quantitative estimate of drug-likeness (QED) is 0.411. The molecule has 6 nitrogen and oxygen atoms in total. The van der Waals surface area contributed by atoms with Crippen molar-refractivity contribution in [3.63, 3.8) is 0 Å². The Bertz CT molecular complexity index is 1550. The summed E-state index contributed by atoms with van der Waals surface area (Å²) in [5.74, 6) is 0. The summed E-state index contributed by atoms with van der Waals surface area (Å²) >= 11 is 0. The van der Waals surface area contributed by atoms with Gasteiger partial charge < -0.3 is 9.13 Å². The van der Waals surface area contributed by atoms with Crippen LogP contribution in [0.25, 0.3) is 27.7 Å². The molecule has 0 atom stereocenters. The highest BCUT2D eigenvalue weighted by Crippen LogP contribution is 2.26. The van der Waals surface area contributed by atoms with Gasteiger partial charge in [0.05, 0.1) is 17.4 Å². The number of aromatic nitrogens is 4. The predicted octanol–water partition coefficient (Wildman–Crippen LogP) is 4.34. The van der Waals surface area contributed by atoms with E-state index in [-0.39, 0.29) is 5.56 Å². The van der Waals surface area contributed by atoms with Crippen molar-refractivity contribution in [2.75, 3.05) is 6.54 Å². The van der Waals surface area contributed by atoms with Crippen molar-refractivity contribution < 1.29 is 0 Å². The second kappa shape index (κ2) is 8.39. The van der Waals surface area contributed by atoms with Crippen LogP contribution in [0.4, 0.5) is 0 Å². The molecular formula is C28H25N5O. The second-order valence-electron chi connectivity index (χ2n) is 8.85. The fraction of sp³-hybridized carbons (Fsp3) is 0.179. The third kappa shape index (κ3) is 3.62. The molecule has 1 aliphatic heterocycles. The summed E-state index contributed by atoms with van der Waals surface area (Å²) in [5, 5.41) is 1.04. The third-order valence-corrected chi connectivity index (χ3v) is 6.74. The first kappa shape index (κ1) is 20.6. The van der Waals surface area contributed by atoms with Crippen LogP contribution in [0.15, 0.2) is 90.2 Å². The van der Waals surface area contributed by atoms with Crippen LogP contribution in [-0.4, -0.2) is 30.5 Å². The van der Waals surface area contributed by atoms with Crippen LogP contribution in [0.2, 0.25) is 0 Å². The second-order valence-corrected chi connectivity index (χ2v) is 8.85. The highest BCUT2D eigenvalue weighted by Gasteiger charge is 2.22. The van der Waals surface area contributed by atoms with Crippen molar-refractivity contribution in [1.82, 2.24) is 24.0 Å². The number of fused-ring (bicyclic) bond motifs is 2. The van der Waals surface area contributed by atoms with E-state index in [0.29, 0.717) is 0 Å². The highest BCUT2D eigenvalue weighted by atomic mass is 16.1. The Morgan fingerprint density at radius 2 is 1.91 bits per heavy atom. The molecule has 5 heterocycles. The number of hydrogen-bond acceptors (Lipinski definition) is 4. The molecule has 6 heteroatoms. The normalized spacial score (nSPS) is 13.8. The standard InChI is InChI=1S/C28H25N5O/c1-31-27-10-14-32(19-24-7-4-13-33(24)23-6-3-11-29-17-23)18-22(27)16-25(28(31)34)20-8-9-26-21(15-20)5-2-12-30-26/h2-9,11-13,15-17H,10,14,18-19H2,1H3. The Hall–Kier alpha value is -4.03. The van der Waals surface area contributed by atoms with Gasteiger partial charge in [-0.05, 0) is 59.7 Å². The van der Waals surface area contributed by atoms with Gasteiger partial charge >= 0.3 is 0 Å². The molecule has 1 aromatic carbocycles. The first-order valence-electron chi connectivity index (χ1n) is 11.5. The van der Waals surface area contributed by atoms with Crippen LogP contribution in [-0.2, 0) is 26.6 Å². The van der Waals surface area contributed by atoms with Crippen LogP contribution in [0.1, 0.15) is 17.0 Å². The average molecular weight is 448 g/mol. The molecule has 0 spiro atoms. The van der Waals surface area contributed by atoms with Gasteiger partial charge in [-0.2, -0.15) is 0 Å². The summed E-state index contributed by atoms with van der Waals surface area (Å²) in [6, 6.07) is 20.4. The van der Waals surface area contributed by atoms with Gasteiger partial charge in [0.2, 0.25) is 0 Å². The molecule has 0 amide bonds. The highest BCUT2D eigenvalue weighted by molar-refractivity contribution is 5.84. The topological polar surface area (TPSA) is 56.0 Å². The van der Waals surface area contributed by atoms with E-state index in [1.165, 1.54) is 11.3 Å². The zero-order valence-electron chi connectivity index (χ0n) is 19.1. The Kier molecular flexibility index (Phi) is 5.08. The van der Waals surface area contributed by atoms with Crippen molar-refractivity contribution in [2.24, 2.45) is 7.05 Å². The van der Waals surface area contributed by atoms with E-state index in [1.54, 1.807) is 12.4 Å². The number of pyridine rings is 3. The van der Waals surface area contributed by atoms with Gasteiger partial charge in [0.25, 0.3) is 5.56 Å². The average Bonchev–Trinajstić information content (AvgIpc) is 3.34. The molecule has 0 saturated heterocycles. The summed E-state index contributed by atoms with van der Waals surface area (Å²) in [7, 11) is 1.90. The number of hydrogen-bond donors (Lipinski definition) is 0. The number of rotatable bonds is 4. The van der Waals surface area contributed by atoms with Gasteiger partial charge in [-0.25, -0.2) is 0 Å². The molecule has 6 rings (SSSR count). The molecule has 168 valence electrons. The zero-order chi connectivity index (χ0) is 23.1. The van der Waals surface area contributed by atoms with Crippen molar-refractivity contribution in [3.05, 3.63) is 113 Å². The van der Waals surface area contributed by atoms with E-state index in [4.69, 9.17) is 0 Å². The molecule has 0 radical (unpaired) electrons. The van der Waals surface area contributed by atoms with E-state index in [0.717, 1.165) is 59.5 Å². The van der Waals surface area contributed by atoms with Gasteiger partial charge in [-0.15, -0.1) is 0 Å². The Labute approximate surface area is 197 Å². The van der Waals surface area contributed by atoms with Gasteiger partial charge in [-0.3, -0.25) is 19.7 Å². The summed E-state index contributed by atoms with van der Waals surface area (Å²) in [5.41, 5.74) is 7.31. The van der Waals surface area contributed by atoms with Crippen LogP contribution in [0.3, 0.4) is 0 Å². The zero-order valence-corrected chi connectivity index (χ0v) is 19.1.